The van der Waals surface area contributed by atoms with Gasteiger partial charge < -0.3 is 5.32 Å². The summed E-state index contributed by atoms with van der Waals surface area (Å²) in [6.45, 7) is 4.84. The third kappa shape index (κ3) is 2.99. The smallest absolute Gasteiger partial charge is 0.182 e. The number of nitrogens with one attached hydrogen (secondary N) is 1. The van der Waals surface area contributed by atoms with Gasteiger partial charge in [0.15, 0.2) is 5.13 Å². The molecule has 0 bridgehead atoms. The number of thiazole rings is 1. The molecule has 0 amide bonds. The summed E-state index contributed by atoms with van der Waals surface area (Å²) in [5.41, 5.74) is 1.14. The van der Waals surface area contributed by atoms with E-state index < -0.39 is 0 Å². The van der Waals surface area contributed by atoms with Gasteiger partial charge in [-0.15, -0.1) is 22.9 Å². The van der Waals surface area contributed by atoms with Gasteiger partial charge in [-0.05, 0) is 13.3 Å². The van der Waals surface area contributed by atoms with Crippen LogP contribution in [0, 0.1) is 0 Å². The number of rotatable bonds is 4. The Morgan fingerprint density at radius 1 is 1.75 bits per heavy atom. The molecule has 0 aliphatic heterocycles. The third-order valence-corrected chi connectivity index (χ3v) is 2.45. The van der Waals surface area contributed by atoms with Crippen LogP contribution in [-0.4, -0.2) is 16.9 Å². The first kappa shape index (κ1) is 9.81. The van der Waals surface area contributed by atoms with E-state index >= 15 is 0 Å². The van der Waals surface area contributed by atoms with Crippen molar-refractivity contribution >= 4 is 28.1 Å². The Kier molecular flexibility index (Phi) is 3.82. The molecule has 1 heterocycles. The predicted molar refractivity (Wildman–Crippen MR) is 55.3 cm³/mol. The maximum Gasteiger partial charge on any atom is 0.182 e. The van der Waals surface area contributed by atoms with Crippen molar-refractivity contribution in [2.45, 2.75) is 25.6 Å². The quantitative estimate of drug-likeness (QED) is 0.763. The molecule has 4 heteroatoms. The maximum absolute atomic E-state index is 5.78. The van der Waals surface area contributed by atoms with Crippen LogP contribution < -0.4 is 5.32 Å². The molecule has 0 spiro atoms. The van der Waals surface area contributed by atoms with Gasteiger partial charge in [-0.3, -0.25) is 0 Å². The van der Waals surface area contributed by atoms with Crippen molar-refractivity contribution in [2.24, 2.45) is 0 Å². The van der Waals surface area contributed by atoms with Gasteiger partial charge in [-0.2, -0.15) is 0 Å². The van der Waals surface area contributed by atoms with Gasteiger partial charge in [-0.1, -0.05) is 6.92 Å². The van der Waals surface area contributed by atoms with Crippen LogP contribution in [0.5, 0.6) is 0 Å². The van der Waals surface area contributed by atoms with Crippen molar-refractivity contribution in [3.63, 3.8) is 0 Å². The number of hydrogen-bond donors (Lipinski definition) is 1. The van der Waals surface area contributed by atoms with E-state index in [2.05, 4.69) is 22.6 Å². The third-order valence-electron chi connectivity index (χ3n) is 1.45. The highest BCUT2D eigenvalue weighted by Gasteiger charge is 2.00. The summed E-state index contributed by atoms with van der Waals surface area (Å²) in [5, 5.41) is 6.37. The second kappa shape index (κ2) is 4.67. The zero-order chi connectivity index (χ0) is 8.97. The zero-order valence-electron chi connectivity index (χ0n) is 7.30. The fraction of sp³-hybridized carbons (Fsp3) is 0.625. The summed E-state index contributed by atoms with van der Waals surface area (Å²) in [4.78, 5) is 4.35. The molecule has 2 nitrogen and oxygen atoms in total. The van der Waals surface area contributed by atoms with E-state index in [0.29, 0.717) is 0 Å². The van der Waals surface area contributed by atoms with Crippen LogP contribution >= 0.6 is 22.9 Å². The summed E-state index contributed by atoms with van der Waals surface area (Å²) in [6, 6.07) is 0. The molecule has 1 aromatic heterocycles. The van der Waals surface area contributed by atoms with Gasteiger partial charge in [0, 0.05) is 17.3 Å². The second-order valence-corrected chi connectivity index (χ2v) is 4.26. The van der Waals surface area contributed by atoms with Gasteiger partial charge >= 0.3 is 0 Å². The van der Waals surface area contributed by atoms with E-state index in [0.717, 1.165) is 23.8 Å². The zero-order valence-corrected chi connectivity index (χ0v) is 8.87. The second-order valence-electron chi connectivity index (χ2n) is 2.66. The molecule has 0 radical (unpaired) electrons. The Balaban J connectivity index is 2.41. The summed E-state index contributed by atoms with van der Waals surface area (Å²) < 4.78 is 0. The predicted octanol–water partition coefficient (Wildman–Crippen LogP) is 2.74. The molecule has 12 heavy (non-hydrogen) atoms. The lowest BCUT2D eigenvalue weighted by molar-refractivity contribution is 0.976. The number of halogens is 1. The molecule has 0 saturated heterocycles. The van der Waals surface area contributed by atoms with E-state index in [1.165, 1.54) is 0 Å². The number of alkyl halides is 1. The monoisotopic (exact) mass is 204 g/mol. The van der Waals surface area contributed by atoms with Gasteiger partial charge in [-0.25, -0.2) is 4.98 Å². The van der Waals surface area contributed by atoms with E-state index in [1.54, 1.807) is 11.3 Å². The van der Waals surface area contributed by atoms with Crippen molar-refractivity contribution in [1.29, 1.82) is 0 Å². The first-order valence-corrected chi connectivity index (χ1v) is 5.36. The molecule has 1 N–H and O–H groups in total. The molecule has 0 aromatic carbocycles. The first-order valence-electron chi connectivity index (χ1n) is 4.04. The number of anilines is 1. The molecule has 1 rings (SSSR count). The van der Waals surface area contributed by atoms with Crippen molar-refractivity contribution < 1.29 is 0 Å². The van der Waals surface area contributed by atoms with E-state index in [1.807, 2.05) is 6.92 Å². The van der Waals surface area contributed by atoms with Gasteiger partial charge in [0.05, 0.1) is 5.69 Å². The Hall–Kier alpha value is -0.280. The Morgan fingerprint density at radius 3 is 3.00 bits per heavy atom. The van der Waals surface area contributed by atoms with Crippen LogP contribution in [0.3, 0.4) is 0 Å². The minimum atomic E-state index is 0.152. The summed E-state index contributed by atoms with van der Waals surface area (Å²) in [7, 11) is 0. The molecule has 1 atom stereocenters. The van der Waals surface area contributed by atoms with E-state index in [4.69, 9.17) is 11.6 Å². The minimum Gasteiger partial charge on any atom is -0.360 e. The molecular weight excluding hydrogens is 192 g/mol. The lowest BCUT2D eigenvalue weighted by Crippen LogP contribution is -2.10. The summed E-state index contributed by atoms with van der Waals surface area (Å²) in [5.74, 6) is 0. The number of aromatic nitrogens is 1. The van der Waals surface area contributed by atoms with Crippen LogP contribution in [0.25, 0.3) is 0 Å². The fourth-order valence-electron chi connectivity index (χ4n) is 0.779. The van der Waals surface area contributed by atoms with Crippen molar-refractivity contribution in [3.05, 3.63) is 11.1 Å². The standard InChI is InChI=1S/C8H13ClN2S/c1-3-7-5-12-8(11-7)10-4-6(2)9/h5-6H,3-4H2,1-2H3,(H,10,11). The largest absolute Gasteiger partial charge is 0.360 e. The molecule has 0 fully saturated rings. The van der Waals surface area contributed by atoms with E-state index in [9.17, 15) is 0 Å². The average Bonchev–Trinajstić information content (AvgIpc) is 2.48. The van der Waals surface area contributed by atoms with Gasteiger partial charge in [0.1, 0.15) is 0 Å². The van der Waals surface area contributed by atoms with Crippen LogP contribution in [0.1, 0.15) is 19.5 Å². The lowest BCUT2D eigenvalue weighted by Gasteiger charge is -2.02. The minimum absolute atomic E-state index is 0.152. The first-order chi connectivity index (χ1) is 5.72. The normalized spacial score (nSPS) is 12.9. The van der Waals surface area contributed by atoms with E-state index in [-0.39, 0.29) is 5.38 Å². The molecule has 1 unspecified atom stereocenters. The Bertz CT molecular complexity index is 235. The molecule has 0 aliphatic rings. The van der Waals surface area contributed by atoms with Crippen LogP contribution in [0.15, 0.2) is 5.38 Å². The Morgan fingerprint density at radius 2 is 2.50 bits per heavy atom. The highest BCUT2D eigenvalue weighted by atomic mass is 35.5. The summed E-state index contributed by atoms with van der Waals surface area (Å²) in [6.07, 6.45) is 0.995. The number of hydrogen-bond acceptors (Lipinski definition) is 3. The molecule has 0 saturated carbocycles. The lowest BCUT2D eigenvalue weighted by atomic mass is 10.4. The van der Waals surface area contributed by atoms with Gasteiger partial charge in [0.2, 0.25) is 0 Å². The van der Waals surface area contributed by atoms with Crippen LogP contribution in [0.4, 0.5) is 5.13 Å². The fourth-order valence-corrected chi connectivity index (χ4v) is 1.66. The average molecular weight is 205 g/mol. The highest BCUT2D eigenvalue weighted by molar-refractivity contribution is 7.13. The topological polar surface area (TPSA) is 24.9 Å². The Labute approximate surface area is 82.0 Å². The highest BCUT2D eigenvalue weighted by Crippen LogP contribution is 2.15. The maximum atomic E-state index is 5.78. The van der Waals surface area contributed by atoms with Gasteiger partial charge in [0.25, 0.3) is 0 Å². The number of nitrogens with zero attached hydrogens (tertiary/aromatic N) is 1. The van der Waals surface area contributed by atoms with Crippen molar-refractivity contribution in [2.75, 3.05) is 11.9 Å². The SMILES string of the molecule is CCc1csc(NCC(C)Cl)n1. The van der Waals surface area contributed by atoms with Crippen molar-refractivity contribution in [3.8, 4) is 0 Å². The molecular formula is C8H13ClN2S. The van der Waals surface area contributed by atoms with Crippen LogP contribution in [-0.2, 0) is 6.42 Å². The summed E-state index contributed by atoms with van der Waals surface area (Å²) >= 11 is 7.42. The molecule has 1 aromatic rings. The van der Waals surface area contributed by atoms with Crippen LogP contribution in [0.2, 0.25) is 0 Å². The van der Waals surface area contributed by atoms with Crippen molar-refractivity contribution in [1.82, 2.24) is 4.98 Å². The number of aryl methyl sites for hydroxylation is 1. The molecule has 0 aliphatic carbocycles. The molecule has 68 valence electrons.